The first-order chi connectivity index (χ1) is 14.0. The van der Waals surface area contributed by atoms with Crippen LogP contribution in [-0.4, -0.2) is 33.3 Å². The average Bonchev–Trinajstić information content (AvgIpc) is 3.07. The quantitative estimate of drug-likeness (QED) is 0.500. The number of methoxy groups -OCH3 is 1. The molecule has 0 saturated heterocycles. The van der Waals surface area contributed by atoms with Crippen molar-refractivity contribution >= 4 is 23.2 Å². The van der Waals surface area contributed by atoms with E-state index in [9.17, 15) is 4.79 Å². The van der Waals surface area contributed by atoms with Gasteiger partial charge in [0.2, 0.25) is 0 Å². The third-order valence-electron chi connectivity index (χ3n) is 4.68. The molecule has 0 N–H and O–H groups in total. The molecule has 0 aliphatic rings. The van der Waals surface area contributed by atoms with E-state index in [1.165, 1.54) is 7.11 Å². The van der Waals surface area contributed by atoms with E-state index < -0.39 is 17.7 Å². The molecule has 2 aromatic heterocycles. The van der Waals surface area contributed by atoms with E-state index in [1.807, 2.05) is 58.0 Å². The summed E-state index contributed by atoms with van der Waals surface area (Å²) in [6.45, 7) is 11.7. The van der Waals surface area contributed by atoms with Gasteiger partial charge in [-0.05, 0) is 45.7 Å². The van der Waals surface area contributed by atoms with Crippen molar-refractivity contribution in [3.8, 4) is 11.3 Å². The topological polar surface area (TPSA) is 65.7 Å². The van der Waals surface area contributed by atoms with Crippen LogP contribution in [0.3, 0.4) is 0 Å². The molecule has 1 aromatic carbocycles. The van der Waals surface area contributed by atoms with E-state index in [-0.39, 0.29) is 5.92 Å². The summed E-state index contributed by atoms with van der Waals surface area (Å²) in [6.07, 6.45) is -0.900. The summed E-state index contributed by atoms with van der Waals surface area (Å²) in [4.78, 5) is 17.4. The number of carbonyl (C=O) groups excluding carboxylic acids is 1. The highest BCUT2D eigenvalue weighted by Crippen LogP contribution is 2.34. The number of aromatic nitrogens is 3. The molecule has 0 fully saturated rings. The molecule has 0 aliphatic heterocycles. The first-order valence-electron chi connectivity index (χ1n) is 9.93. The summed E-state index contributed by atoms with van der Waals surface area (Å²) < 4.78 is 13.0. The zero-order valence-electron chi connectivity index (χ0n) is 18.5. The number of hydrogen-bond donors (Lipinski definition) is 0. The Bertz CT molecular complexity index is 1080. The monoisotopic (exact) mass is 429 g/mol. The fraction of sp³-hybridized carbons (Fsp3) is 0.435. The number of benzene rings is 1. The minimum absolute atomic E-state index is 0.0621. The van der Waals surface area contributed by atoms with Crippen molar-refractivity contribution in [2.45, 2.75) is 59.2 Å². The summed E-state index contributed by atoms with van der Waals surface area (Å²) in [7, 11) is 1.36. The zero-order chi connectivity index (χ0) is 22.2. The van der Waals surface area contributed by atoms with E-state index in [1.54, 1.807) is 4.52 Å². The lowest BCUT2D eigenvalue weighted by molar-refractivity contribution is -0.164. The van der Waals surface area contributed by atoms with Crippen LogP contribution in [0.15, 0.2) is 30.3 Å². The van der Waals surface area contributed by atoms with Crippen LogP contribution in [0.25, 0.3) is 16.9 Å². The minimum atomic E-state index is -0.900. The molecule has 1 atom stereocenters. The Morgan fingerprint density at radius 2 is 1.90 bits per heavy atom. The Kier molecular flexibility index (Phi) is 6.20. The maximum Gasteiger partial charge on any atom is 0.339 e. The molecule has 2 heterocycles. The highest BCUT2D eigenvalue weighted by molar-refractivity contribution is 6.30. The number of nitrogens with zero attached hydrogens (tertiary/aromatic N) is 3. The van der Waals surface area contributed by atoms with Crippen molar-refractivity contribution in [2.24, 2.45) is 0 Å². The molecule has 1 unspecified atom stereocenters. The third-order valence-corrected chi connectivity index (χ3v) is 4.92. The minimum Gasteiger partial charge on any atom is -0.467 e. The largest absolute Gasteiger partial charge is 0.467 e. The van der Waals surface area contributed by atoms with Gasteiger partial charge in [-0.15, -0.1) is 0 Å². The van der Waals surface area contributed by atoms with E-state index in [2.05, 4.69) is 13.8 Å². The van der Waals surface area contributed by atoms with Crippen LogP contribution >= 0.6 is 11.6 Å². The Labute approximate surface area is 182 Å². The number of rotatable bonds is 5. The molecule has 0 saturated carbocycles. The predicted molar refractivity (Wildman–Crippen MR) is 118 cm³/mol. The lowest BCUT2D eigenvalue weighted by atomic mass is 9.97. The molecule has 160 valence electrons. The van der Waals surface area contributed by atoms with Crippen LogP contribution in [0.5, 0.6) is 0 Å². The van der Waals surface area contributed by atoms with Gasteiger partial charge in [-0.2, -0.15) is 5.10 Å². The van der Waals surface area contributed by atoms with Crippen molar-refractivity contribution in [3.05, 3.63) is 52.3 Å². The molecule has 7 heteroatoms. The maximum atomic E-state index is 12.7. The van der Waals surface area contributed by atoms with Crippen molar-refractivity contribution in [3.63, 3.8) is 0 Å². The molecular weight excluding hydrogens is 402 g/mol. The summed E-state index contributed by atoms with van der Waals surface area (Å²) in [5.41, 5.74) is 4.08. The summed E-state index contributed by atoms with van der Waals surface area (Å²) in [6, 6.07) is 9.46. The third kappa shape index (κ3) is 4.50. The Balaban J connectivity index is 2.27. The molecule has 0 bridgehead atoms. The van der Waals surface area contributed by atoms with Gasteiger partial charge >= 0.3 is 5.97 Å². The van der Waals surface area contributed by atoms with Gasteiger partial charge in [0.1, 0.15) is 0 Å². The van der Waals surface area contributed by atoms with Gasteiger partial charge in [-0.3, -0.25) is 0 Å². The van der Waals surface area contributed by atoms with Gasteiger partial charge in [0.05, 0.1) is 24.1 Å². The second-order valence-electron chi connectivity index (χ2n) is 8.59. The molecule has 3 aromatic rings. The molecule has 0 radical (unpaired) electrons. The van der Waals surface area contributed by atoms with Crippen LogP contribution in [0, 0.1) is 6.92 Å². The maximum absolute atomic E-state index is 12.7. The lowest BCUT2D eigenvalue weighted by Gasteiger charge is -2.29. The normalized spacial score (nSPS) is 13.1. The van der Waals surface area contributed by atoms with Crippen molar-refractivity contribution < 1.29 is 14.3 Å². The van der Waals surface area contributed by atoms with E-state index >= 15 is 0 Å². The fourth-order valence-corrected chi connectivity index (χ4v) is 3.70. The molecule has 0 amide bonds. The molecule has 30 heavy (non-hydrogen) atoms. The van der Waals surface area contributed by atoms with Gasteiger partial charge < -0.3 is 9.47 Å². The van der Waals surface area contributed by atoms with Crippen molar-refractivity contribution in [2.75, 3.05) is 7.11 Å². The van der Waals surface area contributed by atoms with E-state index in [0.717, 1.165) is 17.0 Å². The summed E-state index contributed by atoms with van der Waals surface area (Å²) in [5, 5.41) is 5.44. The average molecular weight is 430 g/mol. The smallest absolute Gasteiger partial charge is 0.339 e. The highest BCUT2D eigenvalue weighted by Gasteiger charge is 2.34. The van der Waals surface area contributed by atoms with Crippen LogP contribution in [0.4, 0.5) is 0 Å². The van der Waals surface area contributed by atoms with Crippen LogP contribution in [0.2, 0.25) is 5.02 Å². The number of hydrogen-bond acceptors (Lipinski definition) is 5. The van der Waals surface area contributed by atoms with Gasteiger partial charge in [-0.1, -0.05) is 37.6 Å². The van der Waals surface area contributed by atoms with Gasteiger partial charge in [0.15, 0.2) is 11.8 Å². The number of aryl methyl sites for hydroxylation is 1. The molecule has 6 nitrogen and oxygen atoms in total. The second-order valence-corrected chi connectivity index (χ2v) is 9.03. The Morgan fingerprint density at radius 3 is 2.47 bits per heavy atom. The lowest BCUT2D eigenvalue weighted by Crippen LogP contribution is -2.30. The number of ether oxygens (including phenoxy) is 2. The number of carbonyl (C=O) groups is 1. The van der Waals surface area contributed by atoms with E-state index in [4.69, 9.17) is 31.2 Å². The van der Waals surface area contributed by atoms with Crippen LogP contribution in [0.1, 0.15) is 63.6 Å². The highest BCUT2D eigenvalue weighted by atomic mass is 35.5. The Hall–Kier alpha value is -2.44. The zero-order valence-corrected chi connectivity index (χ0v) is 19.2. The second kappa shape index (κ2) is 8.36. The van der Waals surface area contributed by atoms with E-state index in [0.29, 0.717) is 21.9 Å². The van der Waals surface area contributed by atoms with Gasteiger partial charge in [0, 0.05) is 27.9 Å². The molecule has 0 spiro atoms. The summed E-state index contributed by atoms with van der Waals surface area (Å²) >= 11 is 6.16. The Morgan fingerprint density at radius 1 is 1.20 bits per heavy atom. The van der Waals surface area contributed by atoms with Gasteiger partial charge in [-0.25, -0.2) is 14.3 Å². The van der Waals surface area contributed by atoms with Crippen LogP contribution < -0.4 is 0 Å². The number of fused-ring (bicyclic) bond motifs is 1. The van der Waals surface area contributed by atoms with Gasteiger partial charge in [0.25, 0.3) is 0 Å². The SMILES string of the molecule is COC(=O)C(OC(C)(C)C)c1c(C)nc2cc(-c3cccc(Cl)c3)nn2c1C(C)C. The summed E-state index contributed by atoms with van der Waals surface area (Å²) in [5.74, 6) is -0.398. The van der Waals surface area contributed by atoms with Crippen molar-refractivity contribution in [1.82, 2.24) is 14.6 Å². The first kappa shape index (κ1) is 22.2. The molecule has 0 aliphatic carbocycles. The van der Waals surface area contributed by atoms with Crippen LogP contribution in [-0.2, 0) is 14.3 Å². The molecule has 3 rings (SSSR count). The first-order valence-corrected chi connectivity index (χ1v) is 10.3. The number of halogens is 1. The predicted octanol–water partition coefficient (Wildman–Crippen LogP) is 5.51. The fourth-order valence-electron chi connectivity index (χ4n) is 3.51. The van der Waals surface area contributed by atoms with Crippen molar-refractivity contribution in [1.29, 1.82) is 0 Å². The standard InChI is InChI=1S/C23H28ClN3O3/c1-13(2)20-19(21(22(28)29-7)30-23(4,5)6)14(3)25-18-12-17(26-27(18)20)15-9-8-10-16(24)11-15/h8-13,21H,1-7H3. The molecular formula is C23H28ClN3O3. The number of esters is 1.